The summed E-state index contributed by atoms with van der Waals surface area (Å²) in [5, 5.41) is 2.64. The third kappa shape index (κ3) is 4.56. The Morgan fingerprint density at radius 1 is 1.65 bits per heavy atom. The topological polar surface area (TPSA) is 144 Å². The number of allylic oxidation sites excluding steroid dienone is 1. The van der Waals surface area contributed by atoms with Gasteiger partial charge in [0.05, 0.1) is 12.7 Å². The lowest BCUT2D eigenvalue weighted by Crippen LogP contribution is -2.51. The molecule has 10 heteroatoms. The highest BCUT2D eigenvalue weighted by Crippen LogP contribution is 2.04. The van der Waals surface area contributed by atoms with Gasteiger partial charge in [-0.05, 0) is 6.92 Å². The number of hydrogen-bond donors (Lipinski definition) is 3. The van der Waals surface area contributed by atoms with Gasteiger partial charge in [0.1, 0.15) is 0 Å². The van der Waals surface area contributed by atoms with Crippen molar-refractivity contribution in [2.45, 2.75) is 20.1 Å². The van der Waals surface area contributed by atoms with Crippen LogP contribution in [0.5, 0.6) is 0 Å². The lowest BCUT2D eigenvalue weighted by Gasteiger charge is -2.18. The average molecular weight is 269 g/mol. The van der Waals surface area contributed by atoms with E-state index < -0.39 is 16.7 Å². The minimum absolute atomic E-state index is 0. The summed E-state index contributed by atoms with van der Waals surface area (Å²) in [6, 6.07) is 0. The fourth-order valence-corrected chi connectivity index (χ4v) is 1.58. The molecule has 0 fully saturated rings. The molecule has 1 atom stereocenters. The highest BCUT2D eigenvalue weighted by molar-refractivity contribution is 7.80. The minimum atomic E-state index is -4.60. The fraction of sp³-hybridized carbons (Fsp3) is 0.571. The first-order valence-corrected chi connectivity index (χ1v) is 5.86. The monoisotopic (exact) mass is 269 g/mol. The zero-order valence-electron chi connectivity index (χ0n) is 9.32. The van der Waals surface area contributed by atoms with E-state index in [1.165, 1.54) is 6.08 Å². The molecule has 100 valence electrons. The predicted octanol–water partition coefficient (Wildman–Crippen LogP) is -1.26. The first kappa shape index (κ1) is 15.6. The summed E-state index contributed by atoms with van der Waals surface area (Å²) in [6.45, 7) is 3.80. The van der Waals surface area contributed by atoms with Crippen molar-refractivity contribution in [3.63, 3.8) is 0 Å². The number of hydroxylamine groups is 1. The predicted molar refractivity (Wildman–Crippen MR) is 56.3 cm³/mol. The van der Waals surface area contributed by atoms with Crippen LogP contribution in [0.15, 0.2) is 12.0 Å². The molecular formula is C7H15N3O6S. The van der Waals surface area contributed by atoms with Crippen LogP contribution in [0.2, 0.25) is 0 Å². The Labute approximate surface area is 98.7 Å². The fourth-order valence-electron chi connectivity index (χ4n) is 1.16. The second kappa shape index (κ2) is 5.82. The van der Waals surface area contributed by atoms with Crippen molar-refractivity contribution >= 4 is 16.1 Å². The molecule has 9 nitrogen and oxygen atoms in total. The second-order valence-corrected chi connectivity index (χ2v) is 4.00. The Hall–Kier alpha value is -1.36. The highest BCUT2D eigenvalue weighted by atomic mass is 32.3. The first-order valence-electron chi connectivity index (χ1n) is 4.50. The van der Waals surface area contributed by atoms with E-state index in [9.17, 15) is 8.42 Å². The molecule has 1 rings (SSSR count). The summed E-state index contributed by atoms with van der Waals surface area (Å²) in [5.41, 5.74) is 5.95. The average Bonchev–Trinajstić information content (AvgIpc) is 2.10. The number of nitrogens with zero attached hydrogens (tertiary/aromatic N) is 1. The number of ether oxygens (including phenoxy) is 1. The molecular weight excluding hydrogens is 254 g/mol. The summed E-state index contributed by atoms with van der Waals surface area (Å²) < 4.78 is 39.9. The Morgan fingerprint density at radius 3 is 2.65 bits per heavy atom. The third-order valence-electron chi connectivity index (χ3n) is 1.70. The zero-order valence-corrected chi connectivity index (χ0v) is 10.1. The van der Waals surface area contributed by atoms with Gasteiger partial charge in [0.15, 0.2) is 5.88 Å². The van der Waals surface area contributed by atoms with Crippen molar-refractivity contribution < 1.29 is 32.2 Å². The number of rotatable bonds is 4. The SMILES string of the molecule is CCOC1=CC(C)=[N+](OS(=O)(=O)O)C(N)N1.[OH-]. The van der Waals surface area contributed by atoms with Crippen LogP contribution in [-0.4, -0.2) is 41.8 Å². The molecule has 0 radical (unpaired) electrons. The van der Waals surface area contributed by atoms with Crippen molar-refractivity contribution in [1.29, 1.82) is 0 Å². The molecule has 1 unspecified atom stereocenters. The van der Waals surface area contributed by atoms with Crippen LogP contribution in [0.3, 0.4) is 0 Å². The number of nitrogens with two attached hydrogens (primary N) is 1. The van der Waals surface area contributed by atoms with Crippen molar-refractivity contribution in [3.05, 3.63) is 12.0 Å². The van der Waals surface area contributed by atoms with E-state index in [1.54, 1.807) is 13.8 Å². The summed E-state index contributed by atoms with van der Waals surface area (Å²) in [7, 11) is -4.60. The van der Waals surface area contributed by atoms with E-state index >= 15 is 0 Å². The molecule has 1 heterocycles. The van der Waals surface area contributed by atoms with Crippen molar-refractivity contribution in [1.82, 2.24) is 5.32 Å². The van der Waals surface area contributed by atoms with E-state index in [1.807, 2.05) is 0 Å². The van der Waals surface area contributed by atoms with Crippen molar-refractivity contribution in [2.75, 3.05) is 6.61 Å². The van der Waals surface area contributed by atoms with Crippen LogP contribution in [-0.2, 0) is 19.4 Å². The normalized spacial score (nSPS) is 20.0. The summed E-state index contributed by atoms with van der Waals surface area (Å²) in [6.07, 6.45) is 0.534. The molecule has 1 aliphatic heterocycles. The van der Waals surface area contributed by atoms with Gasteiger partial charge >= 0.3 is 16.7 Å². The van der Waals surface area contributed by atoms with Crippen molar-refractivity contribution in [2.24, 2.45) is 5.73 Å². The molecule has 0 aromatic carbocycles. The molecule has 0 aromatic rings. The summed E-state index contributed by atoms with van der Waals surface area (Å²) >= 11 is 0. The minimum Gasteiger partial charge on any atom is -0.870 e. The number of nitrogens with one attached hydrogen (secondary N) is 1. The van der Waals surface area contributed by atoms with Crippen LogP contribution >= 0.6 is 0 Å². The van der Waals surface area contributed by atoms with Gasteiger partial charge in [-0.3, -0.25) is 9.87 Å². The van der Waals surface area contributed by atoms with Gasteiger partial charge in [-0.15, -0.1) is 4.28 Å². The largest absolute Gasteiger partial charge is 0.870 e. The van der Waals surface area contributed by atoms with E-state index in [0.717, 1.165) is 4.74 Å². The molecule has 1 aliphatic rings. The Bertz CT molecular complexity index is 429. The Kier molecular flexibility index (Phi) is 5.35. The second-order valence-electron chi connectivity index (χ2n) is 3.00. The van der Waals surface area contributed by atoms with E-state index in [4.69, 9.17) is 15.0 Å². The third-order valence-corrected chi connectivity index (χ3v) is 2.05. The molecule has 0 amide bonds. The highest BCUT2D eigenvalue weighted by Gasteiger charge is 2.32. The van der Waals surface area contributed by atoms with Gasteiger partial charge in [-0.2, -0.15) is 8.42 Å². The van der Waals surface area contributed by atoms with Gasteiger partial charge in [0.2, 0.25) is 5.71 Å². The molecule has 0 bridgehead atoms. The first-order chi connectivity index (χ1) is 7.33. The van der Waals surface area contributed by atoms with Crippen LogP contribution in [0.1, 0.15) is 13.8 Å². The van der Waals surface area contributed by atoms with Crippen molar-refractivity contribution in [3.8, 4) is 0 Å². The molecule has 0 saturated heterocycles. The Morgan fingerprint density at radius 2 is 2.24 bits per heavy atom. The smallest absolute Gasteiger partial charge is 0.499 e. The lowest BCUT2D eigenvalue weighted by molar-refractivity contribution is -0.776. The Balaban J connectivity index is 0.00000256. The van der Waals surface area contributed by atoms with E-state index in [2.05, 4.69) is 9.60 Å². The molecule has 0 saturated carbocycles. The van der Waals surface area contributed by atoms with E-state index in [-0.39, 0.29) is 5.48 Å². The van der Waals surface area contributed by atoms with Crippen LogP contribution in [0.25, 0.3) is 0 Å². The molecule has 0 aromatic heterocycles. The molecule has 17 heavy (non-hydrogen) atoms. The van der Waals surface area contributed by atoms with Gasteiger partial charge in [0.25, 0.3) is 0 Å². The van der Waals surface area contributed by atoms with Gasteiger partial charge in [-0.1, -0.05) is 0 Å². The van der Waals surface area contributed by atoms with Crippen LogP contribution in [0, 0.1) is 0 Å². The maximum atomic E-state index is 10.5. The summed E-state index contributed by atoms with van der Waals surface area (Å²) in [5.74, 6) is 0.405. The molecule has 0 aliphatic carbocycles. The van der Waals surface area contributed by atoms with Gasteiger partial charge in [-0.25, -0.2) is 5.73 Å². The van der Waals surface area contributed by atoms with Crippen LogP contribution in [0.4, 0.5) is 0 Å². The van der Waals surface area contributed by atoms with Gasteiger partial charge < -0.3 is 10.2 Å². The maximum absolute atomic E-state index is 10.5. The summed E-state index contributed by atoms with van der Waals surface area (Å²) in [4.78, 5) is 0. The van der Waals surface area contributed by atoms with Gasteiger partial charge in [0, 0.05) is 11.7 Å². The zero-order chi connectivity index (χ0) is 12.3. The number of hydrogen-bond acceptors (Lipinski definition) is 7. The van der Waals surface area contributed by atoms with E-state index in [0.29, 0.717) is 18.2 Å². The quantitative estimate of drug-likeness (QED) is 0.423. The molecule has 0 spiro atoms. The standard InChI is InChI=1S/C7H13N3O5S.H2O/c1-3-14-6-4-5(2)10(7(8)9-6)15-16(11,12)13;/h4,7H,3,8H2,1-2H3,(H,11,12,13);1H2. The molecule has 5 N–H and O–H groups in total. The van der Waals surface area contributed by atoms with Crippen LogP contribution < -0.4 is 11.1 Å². The maximum Gasteiger partial charge on any atom is 0.499 e. The lowest BCUT2D eigenvalue weighted by atomic mass is 10.3.